The molecule has 0 radical (unpaired) electrons. The maximum atomic E-state index is 11.1. The van der Waals surface area contributed by atoms with Gasteiger partial charge in [0.1, 0.15) is 0 Å². The quantitative estimate of drug-likeness (QED) is 0.577. The average Bonchev–Trinajstić information content (AvgIpc) is 2.22. The van der Waals surface area contributed by atoms with E-state index in [1.807, 2.05) is 0 Å². The van der Waals surface area contributed by atoms with Gasteiger partial charge in [-0.2, -0.15) is 0 Å². The van der Waals surface area contributed by atoms with Crippen LogP contribution in [0.1, 0.15) is 44.9 Å². The minimum Gasteiger partial charge on any atom is -0.466 e. The van der Waals surface area contributed by atoms with Crippen molar-refractivity contribution in [2.45, 2.75) is 44.9 Å². The summed E-state index contributed by atoms with van der Waals surface area (Å²) >= 11 is 0. The molecule has 86 valence electrons. The van der Waals surface area contributed by atoms with Crippen LogP contribution >= 0.6 is 0 Å². The largest absolute Gasteiger partial charge is 0.466 e. The van der Waals surface area contributed by atoms with Gasteiger partial charge in [-0.15, -0.1) is 0 Å². The highest BCUT2D eigenvalue weighted by Gasteiger charge is 2.08. The second-order valence-corrected chi connectivity index (χ2v) is 3.71. The lowest BCUT2D eigenvalue weighted by Crippen LogP contribution is -2.08. The van der Waals surface area contributed by atoms with Crippen LogP contribution in [0.5, 0.6) is 0 Å². The Morgan fingerprint density at radius 3 is 1.60 bits per heavy atom. The van der Waals surface area contributed by atoms with Gasteiger partial charge < -0.3 is 9.47 Å². The van der Waals surface area contributed by atoms with E-state index in [0.717, 1.165) is 25.7 Å². The summed E-state index contributed by atoms with van der Waals surface area (Å²) in [6.07, 6.45) is 5.00. The molecular weight excluding hydrogens is 196 g/mol. The van der Waals surface area contributed by atoms with E-state index in [2.05, 4.69) is 0 Å². The number of carbonyl (C=O) groups is 2. The van der Waals surface area contributed by atoms with Gasteiger partial charge in [-0.3, -0.25) is 9.59 Å². The van der Waals surface area contributed by atoms with Gasteiger partial charge in [-0.25, -0.2) is 0 Å². The van der Waals surface area contributed by atoms with Crippen LogP contribution in [0.25, 0.3) is 0 Å². The maximum absolute atomic E-state index is 11.1. The van der Waals surface area contributed by atoms with Crippen molar-refractivity contribution in [2.24, 2.45) is 0 Å². The van der Waals surface area contributed by atoms with E-state index in [4.69, 9.17) is 9.47 Å². The Morgan fingerprint density at radius 2 is 1.13 bits per heavy atom. The molecule has 0 aromatic rings. The number of esters is 2. The summed E-state index contributed by atoms with van der Waals surface area (Å²) in [5, 5.41) is 0. The third-order valence-electron chi connectivity index (χ3n) is 2.33. The normalized spacial score (nSPS) is 21.6. The van der Waals surface area contributed by atoms with E-state index in [-0.39, 0.29) is 11.9 Å². The number of cyclic esters (lactones) is 2. The number of hydrogen-bond acceptors (Lipinski definition) is 4. The van der Waals surface area contributed by atoms with E-state index in [1.165, 1.54) is 0 Å². The minimum absolute atomic E-state index is 0.206. The van der Waals surface area contributed by atoms with Crippen LogP contribution in [0.15, 0.2) is 0 Å². The lowest BCUT2D eigenvalue weighted by Gasteiger charge is -2.02. The molecule has 1 rings (SSSR count). The summed E-state index contributed by atoms with van der Waals surface area (Å²) in [7, 11) is 0. The van der Waals surface area contributed by atoms with E-state index in [0.29, 0.717) is 32.5 Å². The van der Waals surface area contributed by atoms with Crippen LogP contribution in [0.4, 0.5) is 0 Å². The summed E-state index contributed by atoms with van der Waals surface area (Å²) in [6.45, 7) is 1.02. The standard InChI is InChI=1S/C11H18O4/c12-10-6-5-7-11(13)15-9-4-2-1-3-8-14-10/h1-9H2. The molecule has 1 heterocycles. The number of rotatable bonds is 0. The van der Waals surface area contributed by atoms with Crippen LogP contribution < -0.4 is 0 Å². The van der Waals surface area contributed by atoms with Crippen molar-refractivity contribution in [1.82, 2.24) is 0 Å². The molecule has 0 amide bonds. The Morgan fingerprint density at radius 1 is 0.667 bits per heavy atom. The lowest BCUT2D eigenvalue weighted by molar-refractivity contribution is -0.145. The molecular formula is C11H18O4. The molecule has 1 aliphatic rings. The molecule has 4 nitrogen and oxygen atoms in total. The fraction of sp³-hybridized carbons (Fsp3) is 0.818. The summed E-state index contributed by atoms with van der Waals surface area (Å²) < 4.78 is 10.00. The van der Waals surface area contributed by atoms with E-state index >= 15 is 0 Å². The highest BCUT2D eigenvalue weighted by molar-refractivity contribution is 5.72. The van der Waals surface area contributed by atoms with Crippen LogP contribution in [-0.4, -0.2) is 25.2 Å². The van der Waals surface area contributed by atoms with Gasteiger partial charge in [-0.1, -0.05) is 0 Å². The van der Waals surface area contributed by atoms with Crippen molar-refractivity contribution in [3.05, 3.63) is 0 Å². The molecule has 0 unspecified atom stereocenters. The lowest BCUT2D eigenvalue weighted by atomic mass is 10.2. The van der Waals surface area contributed by atoms with Gasteiger partial charge in [0.05, 0.1) is 13.2 Å². The predicted octanol–water partition coefficient (Wildman–Crippen LogP) is 1.82. The predicted molar refractivity (Wildman–Crippen MR) is 54.2 cm³/mol. The van der Waals surface area contributed by atoms with Crippen molar-refractivity contribution in [1.29, 1.82) is 0 Å². The molecule has 1 saturated heterocycles. The molecule has 0 spiro atoms. The summed E-state index contributed by atoms with van der Waals surface area (Å²) in [6, 6.07) is 0. The van der Waals surface area contributed by atoms with Gasteiger partial charge in [0.2, 0.25) is 0 Å². The molecule has 0 saturated carbocycles. The molecule has 1 aliphatic heterocycles. The maximum Gasteiger partial charge on any atom is 0.305 e. The summed E-state index contributed by atoms with van der Waals surface area (Å²) in [4.78, 5) is 22.2. The topological polar surface area (TPSA) is 52.6 Å². The average molecular weight is 214 g/mol. The Bertz CT molecular complexity index is 191. The molecule has 0 bridgehead atoms. The Kier molecular flexibility index (Phi) is 5.81. The zero-order chi connectivity index (χ0) is 10.9. The molecule has 0 aromatic heterocycles. The van der Waals surface area contributed by atoms with Gasteiger partial charge in [0.25, 0.3) is 0 Å². The van der Waals surface area contributed by atoms with Crippen LogP contribution in [0, 0.1) is 0 Å². The van der Waals surface area contributed by atoms with Crippen LogP contribution in [0.3, 0.4) is 0 Å². The van der Waals surface area contributed by atoms with Crippen molar-refractivity contribution >= 4 is 11.9 Å². The summed E-state index contributed by atoms with van der Waals surface area (Å²) in [5.41, 5.74) is 0. The minimum atomic E-state index is -0.206. The third-order valence-corrected chi connectivity index (χ3v) is 2.33. The second kappa shape index (κ2) is 7.26. The van der Waals surface area contributed by atoms with Gasteiger partial charge in [0.15, 0.2) is 0 Å². The first-order chi connectivity index (χ1) is 7.29. The molecule has 0 aliphatic carbocycles. The van der Waals surface area contributed by atoms with E-state index in [1.54, 1.807) is 0 Å². The Labute approximate surface area is 89.9 Å². The Balaban J connectivity index is 2.27. The molecule has 0 aromatic carbocycles. The number of hydrogen-bond donors (Lipinski definition) is 0. The molecule has 1 fully saturated rings. The Hall–Kier alpha value is -1.06. The summed E-state index contributed by atoms with van der Waals surface area (Å²) in [5.74, 6) is -0.413. The van der Waals surface area contributed by atoms with Crippen LogP contribution in [-0.2, 0) is 19.1 Å². The van der Waals surface area contributed by atoms with E-state index < -0.39 is 0 Å². The molecule has 15 heavy (non-hydrogen) atoms. The monoisotopic (exact) mass is 214 g/mol. The number of ether oxygens (including phenoxy) is 2. The molecule has 0 atom stereocenters. The zero-order valence-corrected chi connectivity index (χ0v) is 9.00. The van der Waals surface area contributed by atoms with Crippen molar-refractivity contribution in [3.63, 3.8) is 0 Å². The fourth-order valence-corrected chi connectivity index (χ4v) is 1.45. The highest BCUT2D eigenvalue weighted by Crippen LogP contribution is 2.05. The fourth-order valence-electron chi connectivity index (χ4n) is 1.45. The first-order valence-corrected chi connectivity index (χ1v) is 5.60. The van der Waals surface area contributed by atoms with Crippen LogP contribution in [0.2, 0.25) is 0 Å². The van der Waals surface area contributed by atoms with Crippen molar-refractivity contribution in [3.8, 4) is 0 Å². The highest BCUT2D eigenvalue weighted by atomic mass is 16.5. The third kappa shape index (κ3) is 6.10. The first kappa shape index (κ1) is 12.0. The number of carbonyl (C=O) groups excluding carboxylic acids is 2. The second-order valence-electron chi connectivity index (χ2n) is 3.71. The molecule has 0 N–H and O–H groups in total. The first-order valence-electron chi connectivity index (χ1n) is 5.60. The SMILES string of the molecule is O=C1CCCC(=O)OCCCCCCO1. The molecule has 4 heteroatoms. The van der Waals surface area contributed by atoms with Crippen molar-refractivity contribution < 1.29 is 19.1 Å². The van der Waals surface area contributed by atoms with Gasteiger partial charge in [-0.05, 0) is 32.1 Å². The zero-order valence-electron chi connectivity index (χ0n) is 9.00. The van der Waals surface area contributed by atoms with E-state index in [9.17, 15) is 9.59 Å². The van der Waals surface area contributed by atoms with Gasteiger partial charge >= 0.3 is 11.9 Å². The van der Waals surface area contributed by atoms with Gasteiger partial charge in [0, 0.05) is 12.8 Å². The smallest absolute Gasteiger partial charge is 0.305 e. The van der Waals surface area contributed by atoms with Crippen molar-refractivity contribution in [2.75, 3.05) is 13.2 Å².